The lowest BCUT2D eigenvalue weighted by Crippen LogP contribution is -2.30. The summed E-state index contributed by atoms with van der Waals surface area (Å²) in [7, 11) is 0. The molecule has 1 atom stereocenters. The van der Waals surface area contributed by atoms with Crippen molar-refractivity contribution in [2.24, 2.45) is 4.99 Å². The van der Waals surface area contributed by atoms with Gasteiger partial charge < -0.3 is 10.6 Å². The number of hydrogen-bond donors (Lipinski definition) is 2. The topological polar surface area (TPSA) is 36.4 Å². The summed E-state index contributed by atoms with van der Waals surface area (Å²) in [5.74, 6) is 0.193. The third-order valence-corrected chi connectivity index (χ3v) is 5.53. The predicted molar refractivity (Wildman–Crippen MR) is 119 cm³/mol. The van der Waals surface area contributed by atoms with E-state index in [0.29, 0.717) is 11.3 Å². The lowest BCUT2D eigenvalue weighted by molar-refractivity contribution is -0.139. The summed E-state index contributed by atoms with van der Waals surface area (Å²) in [5.41, 5.74) is -0.286. The van der Waals surface area contributed by atoms with E-state index in [0.717, 1.165) is 12.1 Å². The number of fused-ring (bicyclic) bond motifs is 1. The van der Waals surface area contributed by atoms with Crippen LogP contribution in [0.3, 0.4) is 0 Å². The molecule has 0 aromatic heterocycles. The molecular formula is C25H19F6N3. The van der Waals surface area contributed by atoms with Crippen LogP contribution in [0.2, 0.25) is 0 Å². The molecule has 1 unspecified atom stereocenters. The number of benzene rings is 3. The van der Waals surface area contributed by atoms with Crippen molar-refractivity contribution in [3.63, 3.8) is 0 Å². The van der Waals surface area contributed by atoms with Gasteiger partial charge in [-0.15, -0.1) is 0 Å². The highest BCUT2D eigenvalue weighted by Gasteiger charge is 2.36. The molecule has 3 nitrogen and oxygen atoms in total. The van der Waals surface area contributed by atoms with Crippen molar-refractivity contribution in [1.29, 1.82) is 0 Å². The first-order valence-corrected chi connectivity index (χ1v) is 10.2. The lowest BCUT2D eigenvalue weighted by atomic mass is 9.99. The third kappa shape index (κ3) is 4.50. The van der Waals surface area contributed by atoms with Gasteiger partial charge in [0.2, 0.25) is 0 Å². The standard InChI is InChI=1S/C25H19F6N3/c1-14-16(10-7-12-19(14)24(26,27)28)15(2)32-23-18-9-4-6-13-21(18)33-22(34-23)17-8-3-5-11-20(17)25(29,30)31/h3-13,22,33H,2H2,1H3,(H,32,34). The number of alkyl halides is 6. The Morgan fingerprint density at radius 3 is 2.18 bits per heavy atom. The molecular weight excluding hydrogens is 456 g/mol. The number of halogens is 6. The number of para-hydroxylation sites is 1. The molecule has 176 valence electrons. The first-order chi connectivity index (χ1) is 16.0. The Labute approximate surface area is 191 Å². The minimum Gasteiger partial charge on any atom is -0.359 e. The Bertz CT molecular complexity index is 1270. The molecule has 0 aliphatic carbocycles. The van der Waals surface area contributed by atoms with Crippen LogP contribution in [0.15, 0.2) is 78.3 Å². The highest BCUT2D eigenvalue weighted by atomic mass is 19.4. The van der Waals surface area contributed by atoms with Gasteiger partial charge in [-0.3, -0.25) is 0 Å². The van der Waals surface area contributed by atoms with Gasteiger partial charge in [-0.05, 0) is 36.8 Å². The fourth-order valence-electron chi connectivity index (χ4n) is 3.91. The highest BCUT2D eigenvalue weighted by molar-refractivity contribution is 6.08. The molecule has 3 aromatic rings. The Morgan fingerprint density at radius 2 is 1.47 bits per heavy atom. The predicted octanol–water partition coefficient (Wildman–Crippen LogP) is 7.16. The Balaban J connectivity index is 1.75. The SMILES string of the molecule is C=C(NC1=NC(c2ccccc2C(F)(F)F)Nc2ccccc21)c1cccc(C(F)(F)F)c1C. The van der Waals surface area contributed by atoms with E-state index < -0.39 is 29.6 Å². The molecule has 0 saturated carbocycles. The molecule has 0 saturated heterocycles. The van der Waals surface area contributed by atoms with Crippen molar-refractivity contribution in [1.82, 2.24) is 5.32 Å². The van der Waals surface area contributed by atoms with Crippen LogP contribution >= 0.6 is 0 Å². The molecule has 2 N–H and O–H groups in total. The largest absolute Gasteiger partial charge is 0.416 e. The molecule has 1 aliphatic heterocycles. The maximum Gasteiger partial charge on any atom is 0.416 e. The van der Waals surface area contributed by atoms with E-state index in [9.17, 15) is 26.3 Å². The second-order valence-electron chi connectivity index (χ2n) is 7.73. The zero-order valence-electron chi connectivity index (χ0n) is 17.9. The zero-order valence-corrected chi connectivity index (χ0v) is 17.9. The smallest absolute Gasteiger partial charge is 0.359 e. The molecule has 0 bridgehead atoms. The van der Waals surface area contributed by atoms with Crippen LogP contribution in [-0.4, -0.2) is 5.84 Å². The van der Waals surface area contributed by atoms with E-state index in [2.05, 4.69) is 22.2 Å². The number of nitrogens with zero attached hydrogens (tertiary/aromatic N) is 1. The third-order valence-electron chi connectivity index (χ3n) is 5.53. The molecule has 0 fully saturated rings. The Hall–Kier alpha value is -3.75. The quantitative estimate of drug-likeness (QED) is 0.394. The zero-order chi connectivity index (χ0) is 24.7. The van der Waals surface area contributed by atoms with E-state index in [1.165, 1.54) is 37.3 Å². The van der Waals surface area contributed by atoms with Gasteiger partial charge in [0.1, 0.15) is 12.0 Å². The number of rotatable bonds is 3. The van der Waals surface area contributed by atoms with Gasteiger partial charge in [0.25, 0.3) is 0 Å². The van der Waals surface area contributed by atoms with E-state index >= 15 is 0 Å². The molecule has 34 heavy (non-hydrogen) atoms. The molecule has 0 radical (unpaired) electrons. The van der Waals surface area contributed by atoms with Crippen LogP contribution in [0.1, 0.15) is 39.5 Å². The van der Waals surface area contributed by atoms with Gasteiger partial charge >= 0.3 is 12.4 Å². The summed E-state index contributed by atoms with van der Waals surface area (Å²) in [6.45, 7) is 5.21. The minimum atomic E-state index is -4.59. The van der Waals surface area contributed by atoms with Crippen LogP contribution in [0.25, 0.3) is 5.70 Å². The van der Waals surface area contributed by atoms with Crippen LogP contribution in [0.5, 0.6) is 0 Å². The van der Waals surface area contributed by atoms with Gasteiger partial charge in [-0.1, -0.05) is 49.0 Å². The first-order valence-electron chi connectivity index (χ1n) is 10.2. The maximum absolute atomic E-state index is 13.6. The van der Waals surface area contributed by atoms with Gasteiger partial charge in [0, 0.05) is 28.1 Å². The van der Waals surface area contributed by atoms with Crippen molar-refractivity contribution in [3.8, 4) is 0 Å². The average Bonchev–Trinajstić information content (AvgIpc) is 2.77. The molecule has 0 spiro atoms. The number of nitrogens with one attached hydrogen (secondary N) is 2. The van der Waals surface area contributed by atoms with Crippen molar-refractivity contribution < 1.29 is 26.3 Å². The summed E-state index contributed by atoms with van der Waals surface area (Å²) in [6.07, 6.45) is -10.2. The second kappa shape index (κ2) is 8.55. The Kier molecular flexibility index (Phi) is 5.89. The maximum atomic E-state index is 13.6. The summed E-state index contributed by atoms with van der Waals surface area (Å²) in [5, 5.41) is 5.94. The van der Waals surface area contributed by atoms with Gasteiger partial charge in [-0.2, -0.15) is 26.3 Å². The van der Waals surface area contributed by atoms with E-state index in [1.807, 2.05) is 0 Å². The van der Waals surface area contributed by atoms with E-state index in [-0.39, 0.29) is 28.2 Å². The highest BCUT2D eigenvalue weighted by Crippen LogP contribution is 2.38. The molecule has 4 rings (SSSR count). The van der Waals surface area contributed by atoms with Crippen molar-refractivity contribution in [3.05, 3.63) is 107 Å². The van der Waals surface area contributed by atoms with Crippen molar-refractivity contribution >= 4 is 17.2 Å². The molecule has 3 aromatic carbocycles. The summed E-state index contributed by atoms with van der Waals surface area (Å²) < 4.78 is 80.9. The first kappa shape index (κ1) is 23.4. The molecule has 1 heterocycles. The molecule has 9 heteroatoms. The summed E-state index contributed by atoms with van der Waals surface area (Å²) >= 11 is 0. The number of anilines is 1. The fraction of sp³-hybridized carbons (Fsp3) is 0.160. The van der Waals surface area contributed by atoms with E-state index in [4.69, 9.17) is 0 Å². The Morgan fingerprint density at radius 1 is 0.853 bits per heavy atom. The minimum absolute atomic E-state index is 0.0192. The molecule has 1 aliphatic rings. The monoisotopic (exact) mass is 475 g/mol. The fourth-order valence-corrected chi connectivity index (χ4v) is 3.91. The van der Waals surface area contributed by atoms with Crippen molar-refractivity contribution in [2.75, 3.05) is 5.32 Å². The van der Waals surface area contributed by atoms with Crippen LogP contribution in [0.4, 0.5) is 32.0 Å². The number of amidine groups is 1. The molecule has 0 amide bonds. The lowest BCUT2D eigenvalue weighted by Gasteiger charge is -2.28. The van der Waals surface area contributed by atoms with Gasteiger partial charge in [0.05, 0.1) is 11.1 Å². The van der Waals surface area contributed by atoms with E-state index in [1.54, 1.807) is 24.3 Å². The second-order valence-corrected chi connectivity index (χ2v) is 7.73. The normalized spacial score (nSPS) is 15.7. The number of aliphatic imine (C=N–C) groups is 1. The van der Waals surface area contributed by atoms with Crippen LogP contribution in [-0.2, 0) is 12.4 Å². The average molecular weight is 475 g/mol. The van der Waals surface area contributed by atoms with Crippen molar-refractivity contribution in [2.45, 2.75) is 25.4 Å². The van der Waals surface area contributed by atoms with Gasteiger partial charge in [-0.25, -0.2) is 4.99 Å². The number of hydrogen-bond acceptors (Lipinski definition) is 3. The van der Waals surface area contributed by atoms with Crippen LogP contribution in [0, 0.1) is 6.92 Å². The van der Waals surface area contributed by atoms with Gasteiger partial charge in [0.15, 0.2) is 0 Å². The summed E-state index contributed by atoms with van der Waals surface area (Å²) in [4.78, 5) is 4.45. The van der Waals surface area contributed by atoms with Crippen LogP contribution < -0.4 is 10.6 Å². The summed E-state index contributed by atoms with van der Waals surface area (Å²) in [6, 6.07) is 15.7.